The van der Waals surface area contributed by atoms with Crippen LogP contribution in [0.15, 0.2) is 72.8 Å². The second kappa shape index (κ2) is 11.7. The Hall–Kier alpha value is -3.65. The number of hydrogen-bond donors (Lipinski definition) is 3. The van der Waals surface area contributed by atoms with Gasteiger partial charge in [0.15, 0.2) is 0 Å². The van der Waals surface area contributed by atoms with E-state index in [1.165, 1.54) is 17.7 Å². The summed E-state index contributed by atoms with van der Waals surface area (Å²) in [7, 11) is 0. The molecular formula is C27H27F3N2O3. The highest BCUT2D eigenvalue weighted by Gasteiger charge is 2.30. The van der Waals surface area contributed by atoms with E-state index in [-0.39, 0.29) is 5.91 Å². The number of carboxylic acids is 1. The van der Waals surface area contributed by atoms with E-state index in [2.05, 4.69) is 10.6 Å². The fourth-order valence-electron chi connectivity index (χ4n) is 3.96. The third-order valence-corrected chi connectivity index (χ3v) is 5.67. The topological polar surface area (TPSA) is 78.4 Å². The van der Waals surface area contributed by atoms with Crippen LogP contribution < -0.4 is 10.6 Å². The maximum Gasteiger partial charge on any atom is 0.416 e. The van der Waals surface area contributed by atoms with Crippen LogP contribution in [-0.4, -0.2) is 30.1 Å². The number of piperidine rings is 1. The molecule has 3 aromatic carbocycles. The largest absolute Gasteiger partial charge is 0.481 e. The van der Waals surface area contributed by atoms with Crippen LogP contribution in [0.25, 0.3) is 11.1 Å². The lowest BCUT2D eigenvalue weighted by atomic mass is 9.90. The summed E-state index contributed by atoms with van der Waals surface area (Å²) in [6.45, 7) is 3.12. The Labute approximate surface area is 202 Å². The summed E-state index contributed by atoms with van der Waals surface area (Å²) < 4.78 is 38.6. The number of alkyl halides is 3. The molecule has 3 aromatic rings. The number of hydrogen-bond acceptors (Lipinski definition) is 3. The number of anilines is 1. The average Bonchev–Trinajstić information content (AvgIpc) is 2.84. The van der Waals surface area contributed by atoms with E-state index in [1.54, 1.807) is 24.3 Å². The normalized spacial score (nSPS) is 13.9. The lowest BCUT2D eigenvalue weighted by molar-refractivity contribution is -0.137. The molecule has 1 aliphatic heterocycles. The molecule has 1 aliphatic rings. The van der Waals surface area contributed by atoms with Gasteiger partial charge < -0.3 is 15.7 Å². The first-order valence-electron chi connectivity index (χ1n) is 11.2. The zero-order chi connectivity index (χ0) is 25.4. The molecule has 5 nitrogen and oxygen atoms in total. The van der Waals surface area contributed by atoms with Gasteiger partial charge in [-0.15, -0.1) is 0 Å². The van der Waals surface area contributed by atoms with Crippen molar-refractivity contribution in [3.63, 3.8) is 0 Å². The molecule has 0 radical (unpaired) electrons. The smallest absolute Gasteiger partial charge is 0.416 e. The van der Waals surface area contributed by atoms with Crippen molar-refractivity contribution in [2.24, 2.45) is 0 Å². The van der Waals surface area contributed by atoms with E-state index in [9.17, 15) is 18.0 Å². The van der Waals surface area contributed by atoms with Gasteiger partial charge in [-0.25, -0.2) is 0 Å². The van der Waals surface area contributed by atoms with Gasteiger partial charge in [0, 0.05) is 18.2 Å². The molecule has 0 aromatic heterocycles. The van der Waals surface area contributed by atoms with Gasteiger partial charge in [-0.2, -0.15) is 13.2 Å². The molecule has 0 aliphatic carbocycles. The van der Waals surface area contributed by atoms with E-state index in [1.807, 2.05) is 24.3 Å². The molecule has 3 N–H and O–H groups in total. The highest BCUT2D eigenvalue weighted by molar-refractivity contribution is 6.08. The van der Waals surface area contributed by atoms with E-state index in [4.69, 9.17) is 9.90 Å². The lowest BCUT2D eigenvalue weighted by Gasteiger charge is -2.23. The van der Waals surface area contributed by atoms with Crippen molar-refractivity contribution in [3.05, 3.63) is 89.5 Å². The molecule has 1 saturated heterocycles. The molecule has 0 atom stereocenters. The van der Waals surface area contributed by atoms with Crippen LogP contribution in [0.3, 0.4) is 0 Å². The minimum atomic E-state index is -4.39. The van der Waals surface area contributed by atoms with Gasteiger partial charge in [-0.05, 0) is 78.9 Å². The summed E-state index contributed by atoms with van der Waals surface area (Å²) in [5.74, 6) is -0.600. The average molecular weight is 485 g/mol. The lowest BCUT2D eigenvalue weighted by Crippen LogP contribution is -2.26. The predicted molar refractivity (Wildman–Crippen MR) is 129 cm³/mol. The van der Waals surface area contributed by atoms with Crippen molar-refractivity contribution in [2.75, 3.05) is 18.4 Å². The Kier molecular flexibility index (Phi) is 8.65. The van der Waals surface area contributed by atoms with Crippen molar-refractivity contribution < 1.29 is 27.9 Å². The summed E-state index contributed by atoms with van der Waals surface area (Å²) in [5.41, 5.74) is 2.78. The van der Waals surface area contributed by atoms with Crippen LogP contribution in [0.4, 0.5) is 18.9 Å². The summed E-state index contributed by atoms with van der Waals surface area (Å²) in [5, 5.41) is 13.7. The van der Waals surface area contributed by atoms with Gasteiger partial charge >= 0.3 is 6.18 Å². The van der Waals surface area contributed by atoms with E-state index >= 15 is 0 Å². The second-order valence-electron chi connectivity index (χ2n) is 8.24. The van der Waals surface area contributed by atoms with Gasteiger partial charge in [0.05, 0.1) is 5.56 Å². The van der Waals surface area contributed by atoms with Gasteiger partial charge in [0.25, 0.3) is 11.9 Å². The van der Waals surface area contributed by atoms with E-state index < -0.39 is 17.7 Å². The predicted octanol–water partition coefficient (Wildman–Crippen LogP) is 6.18. The Morgan fingerprint density at radius 1 is 0.914 bits per heavy atom. The Bertz CT molecular complexity index is 1130. The van der Waals surface area contributed by atoms with Crippen LogP contribution in [0.2, 0.25) is 0 Å². The minimum absolute atomic E-state index is 0.301. The van der Waals surface area contributed by atoms with Crippen molar-refractivity contribution in [1.82, 2.24) is 5.32 Å². The number of rotatable bonds is 4. The summed E-state index contributed by atoms with van der Waals surface area (Å²) in [4.78, 5) is 21.9. The van der Waals surface area contributed by atoms with E-state index in [0.29, 0.717) is 28.3 Å². The molecule has 1 heterocycles. The van der Waals surface area contributed by atoms with Crippen LogP contribution in [0, 0.1) is 0 Å². The van der Waals surface area contributed by atoms with Crippen LogP contribution >= 0.6 is 0 Å². The minimum Gasteiger partial charge on any atom is -0.481 e. The summed E-state index contributed by atoms with van der Waals surface area (Å²) >= 11 is 0. The van der Waals surface area contributed by atoms with Crippen molar-refractivity contribution in [2.45, 2.75) is 31.9 Å². The Morgan fingerprint density at radius 3 is 2.06 bits per heavy atom. The third-order valence-electron chi connectivity index (χ3n) is 5.67. The van der Waals surface area contributed by atoms with Crippen molar-refractivity contribution in [1.29, 1.82) is 0 Å². The summed E-state index contributed by atoms with van der Waals surface area (Å²) in [6, 6.07) is 19.6. The zero-order valence-electron chi connectivity index (χ0n) is 19.2. The second-order valence-corrected chi connectivity index (χ2v) is 8.24. The zero-order valence-corrected chi connectivity index (χ0v) is 19.2. The van der Waals surface area contributed by atoms with Gasteiger partial charge in [0.1, 0.15) is 0 Å². The van der Waals surface area contributed by atoms with Crippen LogP contribution in [-0.2, 0) is 11.0 Å². The first-order valence-corrected chi connectivity index (χ1v) is 11.2. The van der Waals surface area contributed by atoms with Crippen LogP contribution in [0.5, 0.6) is 0 Å². The molecule has 1 amide bonds. The Balaban J connectivity index is 0.000000795. The summed E-state index contributed by atoms with van der Waals surface area (Å²) in [6.07, 6.45) is -2.19. The molecule has 184 valence electrons. The number of benzene rings is 3. The number of carbonyl (C=O) groups is 2. The van der Waals surface area contributed by atoms with Gasteiger partial charge in [-0.3, -0.25) is 9.59 Å². The number of amides is 1. The number of halogens is 3. The maximum atomic E-state index is 12.9. The molecule has 8 heteroatoms. The Morgan fingerprint density at radius 2 is 1.49 bits per heavy atom. The number of carbonyl (C=O) groups excluding carboxylic acids is 1. The molecule has 0 spiro atoms. The first kappa shape index (κ1) is 26.0. The number of carboxylic acid groups (broad SMARTS) is 1. The van der Waals surface area contributed by atoms with E-state index in [0.717, 1.165) is 45.0 Å². The molecule has 0 unspecified atom stereocenters. The number of aliphatic carboxylic acids is 1. The van der Waals surface area contributed by atoms with Crippen molar-refractivity contribution in [3.8, 4) is 11.1 Å². The standard InChI is InChI=1S/C25H23F3N2O.C2H4O2/c26-25(27,28)20-9-5-19(6-10-20)22-3-1-2-4-23(22)24(31)30-21-11-7-17(8-12-21)18-13-15-29-16-14-18;1-2(3)4/h1-12,18,29H,13-16H2,(H,30,31);1H3,(H,3,4). The first-order chi connectivity index (χ1) is 16.6. The molecule has 0 saturated carbocycles. The fraction of sp³-hybridized carbons (Fsp3) is 0.259. The SMILES string of the molecule is CC(=O)O.O=C(Nc1ccc(C2CCNCC2)cc1)c1ccccc1-c1ccc(C(F)(F)F)cc1. The quantitative estimate of drug-likeness (QED) is 0.413. The third kappa shape index (κ3) is 7.42. The van der Waals surface area contributed by atoms with Crippen LogP contribution in [0.1, 0.15) is 47.2 Å². The molecule has 35 heavy (non-hydrogen) atoms. The monoisotopic (exact) mass is 484 g/mol. The molecule has 0 bridgehead atoms. The fourth-order valence-corrected chi connectivity index (χ4v) is 3.96. The highest BCUT2D eigenvalue weighted by atomic mass is 19.4. The molecular weight excluding hydrogens is 457 g/mol. The van der Waals surface area contributed by atoms with Gasteiger partial charge in [0.2, 0.25) is 0 Å². The van der Waals surface area contributed by atoms with Gasteiger partial charge in [-0.1, -0.05) is 42.5 Å². The number of nitrogens with one attached hydrogen (secondary N) is 2. The van der Waals surface area contributed by atoms with Crippen molar-refractivity contribution >= 4 is 17.6 Å². The maximum absolute atomic E-state index is 12.9. The molecule has 1 fully saturated rings. The highest BCUT2D eigenvalue weighted by Crippen LogP contribution is 2.32. The molecule has 4 rings (SSSR count).